The molecule has 0 saturated carbocycles. The zero-order chi connectivity index (χ0) is 23.3. The Balaban J connectivity index is 1.55. The SMILES string of the molecule is CCCOC(=O)C(CCSC[C@H]1O[C@@H](n2ccc3c(N)ncnc32)[C@H](O)[C@@H]1O)NC(C)=O. The maximum absolute atomic E-state index is 12.1. The van der Waals surface area contributed by atoms with Crippen molar-refractivity contribution in [1.82, 2.24) is 19.9 Å². The number of aliphatic hydroxyl groups excluding tert-OH is 2. The number of nitrogens with two attached hydrogens (primary N) is 1. The van der Waals surface area contributed by atoms with Crippen molar-refractivity contribution >= 4 is 40.5 Å². The van der Waals surface area contributed by atoms with Gasteiger partial charge in [-0.25, -0.2) is 14.8 Å². The molecule has 1 fully saturated rings. The average molecular weight is 468 g/mol. The van der Waals surface area contributed by atoms with Crippen LogP contribution in [0.2, 0.25) is 0 Å². The van der Waals surface area contributed by atoms with E-state index in [4.69, 9.17) is 15.2 Å². The molecule has 11 nitrogen and oxygen atoms in total. The highest BCUT2D eigenvalue weighted by molar-refractivity contribution is 7.99. The number of rotatable bonds is 10. The van der Waals surface area contributed by atoms with Gasteiger partial charge >= 0.3 is 5.97 Å². The van der Waals surface area contributed by atoms with Gasteiger partial charge in [0.25, 0.3) is 0 Å². The van der Waals surface area contributed by atoms with Crippen molar-refractivity contribution < 1.29 is 29.3 Å². The van der Waals surface area contributed by atoms with E-state index in [2.05, 4.69) is 15.3 Å². The first kappa shape index (κ1) is 24.2. The maximum Gasteiger partial charge on any atom is 0.328 e. The third-order valence-electron chi connectivity index (χ3n) is 5.09. The number of esters is 1. The molecule has 0 spiro atoms. The lowest BCUT2D eigenvalue weighted by atomic mass is 10.1. The molecule has 1 aliphatic rings. The molecule has 0 aliphatic carbocycles. The van der Waals surface area contributed by atoms with Gasteiger partial charge in [-0.2, -0.15) is 11.8 Å². The van der Waals surface area contributed by atoms with Crippen molar-refractivity contribution in [3.8, 4) is 0 Å². The van der Waals surface area contributed by atoms with Crippen molar-refractivity contribution in [3.05, 3.63) is 18.6 Å². The number of hydrogen-bond acceptors (Lipinski definition) is 10. The number of aromatic nitrogens is 3. The van der Waals surface area contributed by atoms with Gasteiger partial charge in [0.05, 0.1) is 18.1 Å². The summed E-state index contributed by atoms with van der Waals surface area (Å²) in [5.74, 6) is 0.464. The van der Waals surface area contributed by atoms with E-state index >= 15 is 0 Å². The topological polar surface area (TPSA) is 162 Å². The van der Waals surface area contributed by atoms with Crippen LogP contribution < -0.4 is 11.1 Å². The summed E-state index contributed by atoms with van der Waals surface area (Å²) < 4.78 is 12.7. The van der Waals surface area contributed by atoms with E-state index in [9.17, 15) is 19.8 Å². The molecule has 12 heteroatoms. The molecular formula is C20H29N5O6S. The van der Waals surface area contributed by atoms with Gasteiger partial charge in [0, 0.05) is 18.9 Å². The number of nitrogens with one attached hydrogen (secondary N) is 1. The number of aliphatic hydroxyl groups is 2. The molecule has 0 radical (unpaired) electrons. The highest BCUT2D eigenvalue weighted by Crippen LogP contribution is 2.34. The number of nitrogens with zero attached hydrogens (tertiary/aromatic N) is 3. The summed E-state index contributed by atoms with van der Waals surface area (Å²) in [5.41, 5.74) is 6.37. The van der Waals surface area contributed by atoms with E-state index in [0.29, 0.717) is 47.8 Å². The Hall–Kier alpha value is -2.41. The van der Waals surface area contributed by atoms with Crippen LogP contribution >= 0.6 is 11.8 Å². The summed E-state index contributed by atoms with van der Waals surface area (Å²) >= 11 is 1.45. The molecule has 176 valence electrons. The summed E-state index contributed by atoms with van der Waals surface area (Å²) in [6.07, 6.45) is 0.403. The van der Waals surface area contributed by atoms with Crippen molar-refractivity contribution in [1.29, 1.82) is 0 Å². The largest absolute Gasteiger partial charge is 0.464 e. The summed E-state index contributed by atoms with van der Waals surface area (Å²) in [4.78, 5) is 31.7. The number of anilines is 1. The number of carbonyl (C=O) groups is 2. The first-order valence-electron chi connectivity index (χ1n) is 10.4. The van der Waals surface area contributed by atoms with E-state index in [1.165, 1.54) is 25.0 Å². The minimum absolute atomic E-state index is 0.300. The predicted molar refractivity (Wildman–Crippen MR) is 119 cm³/mol. The van der Waals surface area contributed by atoms with Crippen LogP contribution in [0, 0.1) is 0 Å². The van der Waals surface area contributed by atoms with Crippen LogP contribution in [0.4, 0.5) is 5.82 Å². The quantitative estimate of drug-likeness (QED) is 0.281. The first-order chi connectivity index (χ1) is 15.3. The fourth-order valence-corrected chi connectivity index (χ4v) is 4.57. The highest BCUT2D eigenvalue weighted by Gasteiger charge is 2.44. The van der Waals surface area contributed by atoms with Crippen LogP contribution in [0.3, 0.4) is 0 Å². The summed E-state index contributed by atoms with van der Waals surface area (Å²) in [6.45, 7) is 3.54. The molecule has 0 bridgehead atoms. The molecule has 2 aromatic heterocycles. The van der Waals surface area contributed by atoms with Gasteiger partial charge in [-0.05, 0) is 24.7 Å². The highest BCUT2D eigenvalue weighted by atomic mass is 32.2. The van der Waals surface area contributed by atoms with Gasteiger partial charge in [0.15, 0.2) is 6.23 Å². The number of carbonyl (C=O) groups excluding carboxylic acids is 2. The lowest BCUT2D eigenvalue weighted by Gasteiger charge is -2.18. The van der Waals surface area contributed by atoms with Gasteiger partial charge < -0.3 is 35.3 Å². The standard InChI is InChI=1S/C20H29N5O6S/c1-3-7-30-20(29)13(24-11(2)26)5-8-32-9-14-15(27)16(28)19(31-14)25-6-4-12-17(21)22-10-23-18(12)25/h4,6,10,13-16,19,27-28H,3,5,7-9H2,1-2H3,(H,24,26)(H2,21,22,23)/t13?,14-,15-,16-,19-/m1/s1. The molecule has 5 atom stereocenters. The van der Waals surface area contributed by atoms with E-state index in [1.807, 2.05) is 6.92 Å². The second-order valence-electron chi connectivity index (χ2n) is 7.55. The van der Waals surface area contributed by atoms with Crippen molar-refractivity contribution in [2.24, 2.45) is 0 Å². The van der Waals surface area contributed by atoms with Gasteiger partial charge in [-0.1, -0.05) is 6.92 Å². The predicted octanol–water partition coefficient (Wildman–Crippen LogP) is 0.214. The van der Waals surface area contributed by atoms with Crippen LogP contribution in [0.1, 0.15) is 32.9 Å². The Labute approximate surface area is 189 Å². The fourth-order valence-electron chi connectivity index (χ4n) is 3.49. The van der Waals surface area contributed by atoms with Crippen LogP contribution in [0.15, 0.2) is 18.6 Å². The molecule has 0 aromatic carbocycles. The molecule has 1 unspecified atom stereocenters. The Morgan fingerprint density at radius 2 is 2.16 bits per heavy atom. The van der Waals surface area contributed by atoms with Crippen LogP contribution in [0.25, 0.3) is 11.0 Å². The zero-order valence-corrected chi connectivity index (χ0v) is 18.8. The monoisotopic (exact) mass is 467 g/mol. The first-order valence-corrected chi connectivity index (χ1v) is 11.6. The zero-order valence-electron chi connectivity index (χ0n) is 18.0. The van der Waals surface area contributed by atoms with E-state index < -0.39 is 36.6 Å². The summed E-state index contributed by atoms with van der Waals surface area (Å²) in [6, 6.07) is 1.00. The average Bonchev–Trinajstić information content (AvgIpc) is 3.31. The van der Waals surface area contributed by atoms with Gasteiger partial charge in [0.1, 0.15) is 36.0 Å². The number of ether oxygens (including phenoxy) is 2. The molecule has 1 saturated heterocycles. The third kappa shape index (κ3) is 5.49. The minimum atomic E-state index is -1.15. The Bertz CT molecular complexity index is 940. The molecule has 32 heavy (non-hydrogen) atoms. The Morgan fingerprint density at radius 1 is 1.38 bits per heavy atom. The molecule has 5 N–H and O–H groups in total. The van der Waals surface area contributed by atoms with Crippen LogP contribution in [0.5, 0.6) is 0 Å². The van der Waals surface area contributed by atoms with E-state index in [-0.39, 0.29) is 5.91 Å². The van der Waals surface area contributed by atoms with Crippen molar-refractivity contribution in [3.63, 3.8) is 0 Å². The lowest BCUT2D eigenvalue weighted by molar-refractivity contribution is -0.147. The normalized spacial score (nSPS) is 23.9. The third-order valence-corrected chi connectivity index (χ3v) is 6.18. The van der Waals surface area contributed by atoms with Gasteiger partial charge in [-0.15, -0.1) is 0 Å². The number of amides is 1. The fraction of sp³-hybridized carbons (Fsp3) is 0.600. The Morgan fingerprint density at radius 3 is 2.88 bits per heavy atom. The van der Waals surface area contributed by atoms with Crippen molar-refractivity contribution in [2.75, 3.05) is 23.8 Å². The maximum atomic E-state index is 12.1. The summed E-state index contributed by atoms with van der Waals surface area (Å²) in [5, 5.41) is 24.3. The molecule has 3 rings (SSSR count). The van der Waals surface area contributed by atoms with Gasteiger partial charge in [0.2, 0.25) is 5.91 Å². The second kappa shape index (κ2) is 10.9. The van der Waals surface area contributed by atoms with Crippen molar-refractivity contribution in [2.45, 2.75) is 57.3 Å². The second-order valence-corrected chi connectivity index (χ2v) is 8.70. The smallest absolute Gasteiger partial charge is 0.328 e. The number of fused-ring (bicyclic) bond motifs is 1. The number of nitrogen functional groups attached to an aromatic ring is 1. The summed E-state index contributed by atoms with van der Waals surface area (Å²) in [7, 11) is 0. The molecule has 3 heterocycles. The molecule has 1 aliphatic heterocycles. The molecule has 2 aromatic rings. The van der Waals surface area contributed by atoms with E-state index in [1.54, 1.807) is 16.8 Å². The van der Waals surface area contributed by atoms with Gasteiger partial charge in [-0.3, -0.25) is 4.79 Å². The minimum Gasteiger partial charge on any atom is -0.464 e. The van der Waals surface area contributed by atoms with E-state index in [0.717, 1.165) is 0 Å². The number of thioether (sulfide) groups is 1. The lowest BCUT2D eigenvalue weighted by Crippen LogP contribution is -2.41. The number of hydrogen-bond donors (Lipinski definition) is 4. The van der Waals surface area contributed by atoms with Crippen LogP contribution in [-0.2, 0) is 19.1 Å². The van der Waals surface area contributed by atoms with Crippen LogP contribution in [-0.4, -0.2) is 79.1 Å². The molecular weight excluding hydrogens is 438 g/mol. The molecule has 1 amide bonds. The Kier molecular flexibility index (Phi) is 8.29.